The lowest BCUT2D eigenvalue weighted by Gasteiger charge is -2.09. The third-order valence-electron chi connectivity index (χ3n) is 4.69. The number of thiazole rings is 1. The van der Waals surface area contributed by atoms with Crippen molar-refractivity contribution in [2.75, 3.05) is 0 Å². The van der Waals surface area contributed by atoms with Gasteiger partial charge in [0.2, 0.25) is 0 Å². The smallest absolute Gasteiger partial charge is 0.316 e. The normalized spacial score (nSPS) is 12.6. The fraction of sp³-hybridized carbons (Fsp3) is 0.174. The zero-order chi connectivity index (χ0) is 20.4. The molecule has 0 aliphatic rings. The van der Waals surface area contributed by atoms with Crippen molar-refractivity contribution < 1.29 is 13.2 Å². The number of hydrogen-bond acceptors (Lipinski definition) is 2. The summed E-state index contributed by atoms with van der Waals surface area (Å²) in [6, 6.07) is 19.6. The maximum absolute atomic E-state index is 13.0. The van der Waals surface area contributed by atoms with Crippen LogP contribution in [-0.2, 0) is 12.7 Å². The third-order valence-corrected chi connectivity index (χ3v) is 5.55. The summed E-state index contributed by atoms with van der Waals surface area (Å²) in [4.78, 5) is 5.21. The van der Waals surface area contributed by atoms with Crippen LogP contribution in [0.15, 0.2) is 77.1 Å². The van der Waals surface area contributed by atoms with Crippen molar-refractivity contribution in [1.29, 1.82) is 0 Å². The van der Waals surface area contributed by atoms with E-state index in [0.29, 0.717) is 10.5 Å². The molecule has 29 heavy (non-hydrogen) atoms. The first-order chi connectivity index (χ1) is 14.0. The Kier molecular flexibility index (Phi) is 5.28. The van der Waals surface area contributed by atoms with Gasteiger partial charge in [-0.1, -0.05) is 49.4 Å². The Bertz CT molecular complexity index is 1220. The SMILES string of the molecule is CCCn1c(-c2ccc3ccccc3c2)csc1=Nc1cccc(C(F)(F)F)c1. The first-order valence-corrected chi connectivity index (χ1v) is 10.2. The third kappa shape index (κ3) is 4.12. The second-order valence-electron chi connectivity index (χ2n) is 6.78. The summed E-state index contributed by atoms with van der Waals surface area (Å²) < 4.78 is 41.1. The molecule has 1 aromatic heterocycles. The molecule has 0 spiro atoms. The van der Waals surface area contributed by atoms with E-state index in [2.05, 4.69) is 46.8 Å². The first-order valence-electron chi connectivity index (χ1n) is 9.35. The number of hydrogen-bond donors (Lipinski definition) is 0. The van der Waals surface area contributed by atoms with Gasteiger partial charge in [0.25, 0.3) is 0 Å². The minimum Gasteiger partial charge on any atom is -0.316 e. The molecule has 148 valence electrons. The summed E-state index contributed by atoms with van der Waals surface area (Å²) in [5.41, 5.74) is 1.70. The van der Waals surface area contributed by atoms with E-state index in [-0.39, 0.29) is 0 Å². The van der Waals surface area contributed by atoms with Crippen LogP contribution in [0.2, 0.25) is 0 Å². The number of aromatic nitrogens is 1. The molecule has 0 radical (unpaired) electrons. The van der Waals surface area contributed by atoms with E-state index in [0.717, 1.165) is 41.7 Å². The number of alkyl halides is 3. The molecule has 6 heteroatoms. The highest BCUT2D eigenvalue weighted by Gasteiger charge is 2.30. The quantitative estimate of drug-likeness (QED) is 0.342. The molecule has 0 fully saturated rings. The monoisotopic (exact) mass is 412 g/mol. The molecule has 0 bridgehead atoms. The minimum atomic E-state index is -4.38. The largest absolute Gasteiger partial charge is 0.416 e. The average molecular weight is 412 g/mol. The second kappa shape index (κ2) is 7.87. The number of rotatable bonds is 4. The molecule has 0 amide bonds. The van der Waals surface area contributed by atoms with Crippen molar-refractivity contribution >= 4 is 27.8 Å². The summed E-state index contributed by atoms with van der Waals surface area (Å²) in [6.07, 6.45) is -3.48. The van der Waals surface area contributed by atoms with E-state index in [1.54, 1.807) is 6.07 Å². The molecule has 0 aliphatic heterocycles. The highest BCUT2D eigenvalue weighted by atomic mass is 32.1. The molecule has 0 saturated carbocycles. The van der Waals surface area contributed by atoms with Crippen molar-refractivity contribution in [3.63, 3.8) is 0 Å². The zero-order valence-corrected chi connectivity index (χ0v) is 16.6. The molecule has 0 unspecified atom stereocenters. The summed E-state index contributed by atoms with van der Waals surface area (Å²) >= 11 is 1.44. The van der Waals surface area contributed by atoms with Crippen molar-refractivity contribution in [2.24, 2.45) is 4.99 Å². The van der Waals surface area contributed by atoms with E-state index in [9.17, 15) is 13.2 Å². The Morgan fingerprint density at radius 3 is 2.48 bits per heavy atom. The lowest BCUT2D eigenvalue weighted by atomic mass is 10.1. The van der Waals surface area contributed by atoms with Crippen LogP contribution in [0.4, 0.5) is 18.9 Å². The molecular formula is C23H19F3N2S. The van der Waals surface area contributed by atoms with Crippen LogP contribution in [-0.4, -0.2) is 4.57 Å². The maximum Gasteiger partial charge on any atom is 0.416 e. The first kappa shape index (κ1) is 19.5. The van der Waals surface area contributed by atoms with Crippen molar-refractivity contribution in [3.8, 4) is 11.3 Å². The van der Waals surface area contributed by atoms with Gasteiger partial charge in [0.15, 0.2) is 4.80 Å². The van der Waals surface area contributed by atoms with E-state index >= 15 is 0 Å². The minimum absolute atomic E-state index is 0.302. The lowest BCUT2D eigenvalue weighted by molar-refractivity contribution is -0.137. The van der Waals surface area contributed by atoms with Crippen molar-refractivity contribution in [2.45, 2.75) is 26.1 Å². The average Bonchev–Trinajstić information content (AvgIpc) is 3.10. The molecule has 1 heterocycles. The Balaban J connectivity index is 1.82. The predicted octanol–water partition coefficient (Wildman–Crippen LogP) is 7.03. The highest BCUT2D eigenvalue weighted by Crippen LogP contribution is 2.31. The molecule has 0 N–H and O–H groups in total. The van der Waals surface area contributed by atoms with Crippen LogP contribution in [0.5, 0.6) is 0 Å². The van der Waals surface area contributed by atoms with Gasteiger partial charge in [0.1, 0.15) is 0 Å². The standard InChI is InChI=1S/C23H19F3N2S/c1-2-12-28-21(18-11-10-16-6-3-4-7-17(16)13-18)15-29-22(28)27-20-9-5-8-19(14-20)23(24,25)26/h3-11,13-15H,2,12H2,1H3. The van der Waals surface area contributed by atoms with Gasteiger partial charge in [0, 0.05) is 11.9 Å². The lowest BCUT2D eigenvalue weighted by Crippen LogP contribution is -2.15. The van der Waals surface area contributed by atoms with Crippen molar-refractivity contribution in [1.82, 2.24) is 4.57 Å². The van der Waals surface area contributed by atoms with Crippen LogP contribution >= 0.6 is 11.3 Å². The predicted molar refractivity (Wildman–Crippen MR) is 112 cm³/mol. The molecule has 0 atom stereocenters. The summed E-state index contributed by atoms with van der Waals surface area (Å²) in [7, 11) is 0. The van der Waals surface area contributed by atoms with Crippen LogP contribution in [0.3, 0.4) is 0 Å². The second-order valence-corrected chi connectivity index (χ2v) is 7.61. The molecule has 0 saturated heterocycles. The Labute approximate surface area is 170 Å². The number of nitrogens with zero attached hydrogens (tertiary/aromatic N) is 2. The van der Waals surface area contributed by atoms with Crippen LogP contribution < -0.4 is 4.80 Å². The van der Waals surface area contributed by atoms with E-state index in [1.165, 1.54) is 22.8 Å². The van der Waals surface area contributed by atoms with E-state index in [1.807, 2.05) is 17.5 Å². The summed E-state index contributed by atoms with van der Waals surface area (Å²) in [5, 5.41) is 4.34. The van der Waals surface area contributed by atoms with Gasteiger partial charge in [-0.3, -0.25) is 0 Å². The topological polar surface area (TPSA) is 17.3 Å². The molecule has 2 nitrogen and oxygen atoms in total. The van der Waals surface area contributed by atoms with E-state index < -0.39 is 11.7 Å². The zero-order valence-electron chi connectivity index (χ0n) is 15.8. The number of benzene rings is 3. The Morgan fingerprint density at radius 2 is 1.72 bits per heavy atom. The maximum atomic E-state index is 13.0. The molecule has 3 aromatic carbocycles. The van der Waals surface area contributed by atoms with Crippen LogP contribution in [0, 0.1) is 0 Å². The Morgan fingerprint density at radius 1 is 0.931 bits per heavy atom. The molecule has 0 aliphatic carbocycles. The Hall–Kier alpha value is -2.86. The van der Waals surface area contributed by atoms with Crippen LogP contribution in [0.1, 0.15) is 18.9 Å². The van der Waals surface area contributed by atoms with Gasteiger partial charge in [-0.2, -0.15) is 13.2 Å². The summed E-state index contributed by atoms with van der Waals surface area (Å²) in [6.45, 7) is 2.81. The van der Waals surface area contributed by atoms with Gasteiger partial charge in [-0.05, 0) is 47.0 Å². The van der Waals surface area contributed by atoms with Gasteiger partial charge in [0.05, 0.1) is 16.9 Å². The molecule has 4 aromatic rings. The van der Waals surface area contributed by atoms with Crippen LogP contribution in [0.25, 0.3) is 22.0 Å². The summed E-state index contributed by atoms with van der Waals surface area (Å²) in [5.74, 6) is 0. The highest BCUT2D eigenvalue weighted by molar-refractivity contribution is 7.07. The van der Waals surface area contributed by atoms with E-state index in [4.69, 9.17) is 0 Å². The van der Waals surface area contributed by atoms with Crippen molar-refractivity contribution in [3.05, 3.63) is 82.5 Å². The number of halogens is 3. The van der Waals surface area contributed by atoms with Gasteiger partial charge in [-0.25, -0.2) is 4.99 Å². The molecular weight excluding hydrogens is 393 g/mol. The molecule has 4 rings (SSSR count). The number of fused-ring (bicyclic) bond motifs is 1. The van der Waals surface area contributed by atoms with Gasteiger partial charge in [-0.15, -0.1) is 11.3 Å². The van der Waals surface area contributed by atoms with Gasteiger partial charge < -0.3 is 4.57 Å². The fourth-order valence-electron chi connectivity index (χ4n) is 3.30. The van der Waals surface area contributed by atoms with Gasteiger partial charge >= 0.3 is 6.18 Å². The fourth-order valence-corrected chi connectivity index (χ4v) is 4.26.